The second-order valence-corrected chi connectivity index (χ2v) is 6.61. The van der Waals surface area contributed by atoms with Crippen molar-refractivity contribution >= 4 is 23.5 Å². The number of aryl methyl sites for hydroxylation is 1. The van der Waals surface area contributed by atoms with E-state index in [-0.39, 0.29) is 23.6 Å². The summed E-state index contributed by atoms with van der Waals surface area (Å²) in [6, 6.07) is 2.29. The van der Waals surface area contributed by atoms with Crippen LogP contribution < -0.4 is 9.79 Å². The SMILES string of the molecule is Cc1nc(SC/C([O-])=N/c2c[n+](C(C)C)no2)c(C#N)c(C)c1C. The minimum Gasteiger partial charge on any atom is -0.861 e. The molecule has 2 aromatic rings. The molecule has 0 spiro atoms. The quantitative estimate of drug-likeness (QED) is 0.355. The van der Waals surface area contributed by atoms with Gasteiger partial charge < -0.3 is 5.11 Å². The van der Waals surface area contributed by atoms with E-state index >= 15 is 0 Å². The third-order valence-corrected chi connectivity index (χ3v) is 4.60. The van der Waals surface area contributed by atoms with Crippen LogP contribution in [0.4, 0.5) is 5.88 Å². The Kier molecular flexibility index (Phi) is 5.57. The average Bonchev–Trinajstić information content (AvgIpc) is 2.99. The number of hydrogen-bond acceptors (Lipinski definition) is 7. The molecule has 7 nitrogen and oxygen atoms in total. The van der Waals surface area contributed by atoms with Crippen molar-refractivity contribution in [1.82, 2.24) is 10.3 Å². The molecular weight excluding hydrogens is 326 g/mol. The van der Waals surface area contributed by atoms with Gasteiger partial charge in [-0.25, -0.2) is 9.98 Å². The van der Waals surface area contributed by atoms with Crippen LogP contribution in [0.3, 0.4) is 0 Å². The lowest BCUT2D eigenvalue weighted by molar-refractivity contribution is -0.779. The summed E-state index contributed by atoms with van der Waals surface area (Å²) in [5.41, 5.74) is 3.25. The molecule has 0 aliphatic heterocycles. The van der Waals surface area contributed by atoms with Gasteiger partial charge in [-0.3, -0.25) is 4.52 Å². The summed E-state index contributed by atoms with van der Waals surface area (Å²) in [5.74, 6) is -0.126. The van der Waals surface area contributed by atoms with Crippen molar-refractivity contribution in [3.8, 4) is 6.07 Å². The summed E-state index contributed by atoms with van der Waals surface area (Å²) in [7, 11) is 0. The van der Waals surface area contributed by atoms with Crippen LogP contribution >= 0.6 is 11.8 Å². The first-order valence-corrected chi connectivity index (χ1v) is 8.45. The van der Waals surface area contributed by atoms with Gasteiger partial charge >= 0.3 is 5.88 Å². The number of aromatic nitrogens is 3. The van der Waals surface area contributed by atoms with E-state index in [1.807, 2.05) is 34.6 Å². The summed E-state index contributed by atoms with van der Waals surface area (Å²) >= 11 is 1.20. The number of rotatable bonds is 5. The van der Waals surface area contributed by atoms with Crippen molar-refractivity contribution in [2.24, 2.45) is 4.99 Å². The van der Waals surface area contributed by atoms with Crippen molar-refractivity contribution in [1.29, 1.82) is 5.26 Å². The van der Waals surface area contributed by atoms with E-state index in [1.54, 1.807) is 10.9 Å². The Morgan fingerprint density at radius 1 is 1.42 bits per heavy atom. The summed E-state index contributed by atoms with van der Waals surface area (Å²) in [6.07, 6.45) is 1.58. The van der Waals surface area contributed by atoms with E-state index in [4.69, 9.17) is 4.52 Å². The summed E-state index contributed by atoms with van der Waals surface area (Å²) in [6.45, 7) is 9.60. The van der Waals surface area contributed by atoms with Crippen LogP contribution in [0.5, 0.6) is 0 Å². The normalized spacial score (nSPS) is 11.8. The van der Waals surface area contributed by atoms with Crippen LogP contribution in [0, 0.1) is 32.1 Å². The van der Waals surface area contributed by atoms with E-state index in [2.05, 4.69) is 21.3 Å². The van der Waals surface area contributed by atoms with Crippen LogP contribution in [-0.2, 0) is 0 Å². The first-order valence-electron chi connectivity index (χ1n) is 7.46. The second kappa shape index (κ2) is 7.45. The summed E-state index contributed by atoms with van der Waals surface area (Å²) in [5, 5.41) is 25.7. The third-order valence-electron chi connectivity index (χ3n) is 3.64. The standard InChI is InChI=1S/C16H19N5O2S/c1-9(2)21-7-15(23-20-21)19-14(22)8-24-16-13(6-17)11(4)10(3)12(5)18-16/h7,9H,8H2,1-5H3. The lowest BCUT2D eigenvalue weighted by atomic mass is 10.1. The van der Waals surface area contributed by atoms with Gasteiger partial charge in [0.25, 0.3) is 6.20 Å². The molecule has 8 heteroatoms. The molecule has 0 saturated heterocycles. The maximum absolute atomic E-state index is 12.0. The third kappa shape index (κ3) is 3.92. The molecule has 0 N–H and O–H groups in total. The van der Waals surface area contributed by atoms with Crippen LogP contribution in [-0.4, -0.2) is 21.9 Å². The van der Waals surface area contributed by atoms with Gasteiger partial charge in [-0.2, -0.15) is 5.26 Å². The highest BCUT2D eigenvalue weighted by atomic mass is 32.2. The predicted octanol–water partition coefficient (Wildman–Crippen LogP) is 1.92. The molecule has 2 aromatic heterocycles. The minimum atomic E-state index is -0.367. The smallest absolute Gasteiger partial charge is 0.320 e. The molecule has 126 valence electrons. The molecule has 0 amide bonds. The highest BCUT2D eigenvalue weighted by Crippen LogP contribution is 2.26. The number of aliphatic imine (C=N–C) groups is 1. The van der Waals surface area contributed by atoms with E-state index < -0.39 is 0 Å². The van der Waals surface area contributed by atoms with Crippen molar-refractivity contribution in [3.05, 3.63) is 28.6 Å². The molecular formula is C16H19N5O2S. The first kappa shape index (κ1) is 17.9. The van der Waals surface area contributed by atoms with E-state index in [0.717, 1.165) is 16.8 Å². The Morgan fingerprint density at radius 3 is 2.71 bits per heavy atom. The molecule has 0 radical (unpaired) electrons. The summed E-state index contributed by atoms with van der Waals surface area (Å²) < 4.78 is 6.58. The number of pyridine rings is 1. The van der Waals surface area contributed by atoms with Crippen molar-refractivity contribution in [2.75, 3.05) is 5.75 Å². The fourth-order valence-electron chi connectivity index (χ4n) is 1.97. The lowest BCUT2D eigenvalue weighted by Crippen LogP contribution is -2.36. The zero-order valence-corrected chi connectivity index (χ0v) is 15.1. The minimum absolute atomic E-state index is 0.0754. The topological polar surface area (TPSA) is 102 Å². The largest absolute Gasteiger partial charge is 0.861 e. The van der Waals surface area contributed by atoms with Gasteiger partial charge in [0.1, 0.15) is 11.1 Å². The fourth-order valence-corrected chi connectivity index (χ4v) is 2.84. The molecule has 0 saturated carbocycles. The molecule has 0 aliphatic carbocycles. The average molecular weight is 345 g/mol. The Morgan fingerprint density at radius 2 is 2.12 bits per heavy atom. The monoisotopic (exact) mass is 345 g/mol. The molecule has 0 atom stereocenters. The molecule has 24 heavy (non-hydrogen) atoms. The van der Waals surface area contributed by atoms with Gasteiger partial charge in [0.05, 0.1) is 5.56 Å². The predicted molar refractivity (Wildman–Crippen MR) is 88.1 cm³/mol. The highest BCUT2D eigenvalue weighted by molar-refractivity contribution is 7.99. The van der Waals surface area contributed by atoms with Crippen LogP contribution in [0.25, 0.3) is 0 Å². The second-order valence-electron chi connectivity index (χ2n) is 5.65. The Labute approximate surface area is 145 Å². The van der Waals surface area contributed by atoms with Gasteiger partial charge in [-0.1, -0.05) is 11.8 Å². The maximum Gasteiger partial charge on any atom is 0.320 e. The van der Waals surface area contributed by atoms with Gasteiger partial charge in [0.2, 0.25) is 5.27 Å². The maximum atomic E-state index is 12.0. The first-order chi connectivity index (χ1) is 11.3. The van der Waals surface area contributed by atoms with Crippen LogP contribution in [0.15, 0.2) is 20.7 Å². The van der Waals surface area contributed by atoms with Crippen molar-refractivity contribution in [3.63, 3.8) is 0 Å². The Bertz CT molecular complexity index is 821. The lowest BCUT2D eigenvalue weighted by Gasteiger charge is -2.12. The molecule has 2 heterocycles. The van der Waals surface area contributed by atoms with Crippen LogP contribution in [0.1, 0.15) is 42.3 Å². The summed E-state index contributed by atoms with van der Waals surface area (Å²) in [4.78, 5) is 8.29. The van der Waals surface area contributed by atoms with Gasteiger partial charge in [-0.05, 0) is 56.3 Å². The number of thioether (sulfide) groups is 1. The fraction of sp³-hybridized carbons (Fsp3) is 0.438. The molecule has 0 fully saturated rings. The van der Waals surface area contributed by atoms with Gasteiger partial charge in [-0.15, -0.1) is 0 Å². The number of hydrogen-bond donors (Lipinski definition) is 0. The van der Waals surface area contributed by atoms with Gasteiger partial charge in [0.15, 0.2) is 6.04 Å². The molecule has 2 rings (SSSR count). The Balaban J connectivity index is 2.15. The van der Waals surface area contributed by atoms with Crippen LogP contribution in [0.2, 0.25) is 0 Å². The van der Waals surface area contributed by atoms with Gasteiger partial charge in [0, 0.05) is 11.4 Å². The van der Waals surface area contributed by atoms with Crippen molar-refractivity contribution < 1.29 is 14.3 Å². The zero-order valence-electron chi connectivity index (χ0n) is 14.3. The van der Waals surface area contributed by atoms with E-state index in [0.29, 0.717) is 10.6 Å². The number of nitriles is 1. The highest BCUT2D eigenvalue weighted by Gasteiger charge is 2.15. The van der Waals surface area contributed by atoms with E-state index in [9.17, 15) is 10.4 Å². The number of nitrogens with zero attached hydrogens (tertiary/aromatic N) is 5. The van der Waals surface area contributed by atoms with Crippen molar-refractivity contribution in [2.45, 2.75) is 45.7 Å². The molecule has 0 bridgehead atoms. The molecule has 0 aliphatic rings. The van der Waals surface area contributed by atoms with E-state index in [1.165, 1.54) is 11.8 Å². The zero-order chi connectivity index (χ0) is 17.9. The Hall–Kier alpha value is -2.40. The molecule has 0 aromatic carbocycles. The molecule has 0 unspecified atom stereocenters.